The maximum Gasteiger partial charge on any atom is 0.321 e. The average Bonchev–Trinajstić information content (AvgIpc) is 2.13. The highest BCUT2D eigenvalue weighted by molar-refractivity contribution is 6.41. The van der Waals surface area contributed by atoms with E-state index >= 15 is 0 Å². The van der Waals surface area contributed by atoms with Crippen molar-refractivity contribution in [3.05, 3.63) is 27.2 Å². The lowest BCUT2D eigenvalue weighted by Crippen LogP contribution is -2.17. The van der Waals surface area contributed by atoms with Crippen molar-refractivity contribution in [1.82, 2.24) is 0 Å². The molecule has 0 radical (unpaired) electrons. The Morgan fingerprint density at radius 1 is 1.12 bits per heavy atom. The Bertz CT molecular complexity index is 472. The van der Waals surface area contributed by atoms with E-state index in [2.05, 4.69) is 30.7 Å². The fraction of sp³-hybridized carbons (Fsp3) is 0.417. The molecule has 5 heteroatoms. The van der Waals surface area contributed by atoms with Crippen molar-refractivity contribution in [2.45, 2.75) is 27.7 Å². The summed E-state index contributed by atoms with van der Waals surface area (Å²) in [5, 5.41) is 5.35. The number of nitrogens with zero attached hydrogens (tertiary/aromatic N) is 2. The van der Waals surface area contributed by atoms with Gasteiger partial charge < -0.3 is 0 Å². The number of hydrogen-bond donors (Lipinski definition) is 0. The quantitative estimate of drug-likeness (QED) is 0.374. The molecule has 0 atom stereocenters. The number of benzene rings is 1. The van der Waals surface area contributed by atoms with E-state index in [9.17, 15) is 0 Å². The molecule has 17 heavy (non-hydrogen) atoms. The second kappa shape index (κ2) is 5.41. The third kappa shape index (κ3) is 4.01. The monoisotopic (exact) mass is 291 g/mol. The minimum Gasteiger partial charge on any atom is -0.0842 e. The fourth-order valence-electron chi connectivity index (χ4n) is 0.905. The van der Waals surface area contributed by atoms with Crippen LogP contribution in [0.25, 0.3) is 0 Å². The van der Waals surface area contributed by atoms with Crippen molar-refractivity contribution in [3.8, 4) is 0 Å². The van der Waals surface area contributed by atoms with Crippen LogP contribution in [0.1, 0.15) is 27.7 Å². The summed E-state index contributed by atoms with van der Waals surface area (Å²) in [4.78, 5) is 4.15. The maximum absolute atomic E-state index is 6.00. The van der Waals surface area contributed by atoms with Crippen molar-refractivity contribution in [2.75, 3.05) is 0 Å². The molecule has 1 aromatic carbocycles. The first-order valence-electron chi connectivity index (χ1n) is 5.12. The third-order valence-electron chi connectivity index (χ3n) is 2.37. The van der Waals surface area contributed by atoms with Crippen molar-refractivity contribution in [3.63, 3.8) is 0 Å². The lowest BCUT2D eigenvalue weighted by atomic mass is 9.91. The van der Waals surface area contributed by atoms with Crippen LogP contribution in [0.5, 0.6) is 0 Å². The Kier molecular flexibility index (Phi) is 4.62. The summed E-state index contributed by atoms with van der Waals surface area (Å²) in [6, 6.07) is 3.19. The molecule has 92 valence electrons. The van der Waals surface area contributed by atoms with Gasteiger partial charge in [-0.15, -0.1) is 0 Å². The van der Waals surface area contributed by atoms with Crippen molar-refractivity contribution >= 4 is 46.2 Å². The normalized spacial score (nSPS) is 11.0. The highest BCUT2D eigenvalue weighted by atomic mass is 35.5. The lowest BCUT2D eigenvalue weighted by Gasteiger charge is -2.05. The Balaban J connectivity index is 3.25. The van der Waals surface area contributed by atoms with Crippen LogP contribution in [0.3, 0.4) is 0 Å². The molecule has 0 bridgehead atoms. The van der Waals surface area contributed by atoms with Crippen molar-refractivity contribution in [2.24, 2.45) is 10.5 Å². The smallest absolute Gasteiger partial charge is 0.0842 e. The van der Waals surface area contributed by atoms with E-state index < -0.39 is 0 Å². The van der Waals surface area contributed by atoms with Crippen LogP contribution in [-0.4, -0.2) is 10.5 Å². The molecule has 0 aromatic heterocycles. The van der Waals surface area contributed by atoms with Gasteiger partial charge in [0, 0.05) is 11.9 Å². The van der Waals surface area contributed by atoms with Gasteiger partial charge in [-0.3, -0.25) is 0 Å². The zero-order chi connectivity index (χ0) is 13.2. The molecular formula is C12H14Cl3N2+. The van der Waals surface area contributed by atoms with Gasteiger partial charge in [0.1, 0.15) is 5.11 Å². The predicted molar refractivity (Wildman–Crippen MR) is 74.0 cm³/mol. The highest BCUT2D eigenvalue weighted by Crippen LogP contribution is 2.35. The molecule has 1 rings (SSSR count). The van der Waals surface area contributed by atoms with Crippen molar-refractivity contribution in [1.29, 1.82) is 0 Å². The van der Waals surface area contributed by atoms with Gasteiger partial charge in [0.2, 0.25) is 0 Å². The van der Waals surface area contributed by atoms with Gasteiger partial charge >= 0.3 is 5.71 Å². The van der Waals surface area contributed by atoms with Gasteiger partial charge in [-0.1, -0.05) is 34.8 Å². The van der Waals surface area contributed by atoms with Gasteiger partial charge in [-0.25, -0.2) is 0 Å². The van der Waals surface area contributed by atoms with E-state index in [0.29, 0.717) is 20.8 Å². The molecule has 2 nitrogen and oxygen atoms in total. The van der Waals surface area contributed by atoms with Gasteiger partial charge in [0.15, 0.2) is 5.69 Å². The molecule has 0 amide bonds. The van der Waals surface area contributed by atoms with Gasteiger partial charge in [-0.2, -0.15) is 0 Å². The van der Waals surface area contributed by atoms with Gasteiger partial charge in [0.25, 0.3) is 0 Å². The van der Waals surface area contributed by atoms with Crippen LogP contribution < -0.4 is 0 Å². The van der Waals surface area contributed by atoms with Crippen LogP contribution in [0.4, 0.5) is 5.69 Å². The zero-order valence-corrected chi connectivity index (χ0v) is 12.5. The fourth-order valence-corrected chi connectivity index (χ4v) is 1.80. The summed E-state index contributed by atoms with van der Waals surface area (Å²) in [5.74, 6) is 0. The van der Waals surface area contributed by atoms with Gasteiger partial charge in [-0.05, 0) is 32.9 Å². The van der Waals surface area contributed by atoms with Gasteiger partial charge in [0.05, 0.1) is 20.3 Å². The summed E-state index contributed by atoms with van der Waals surface area (Å²) in [7, 11) is 0. The minimum absolute atomic E-state index is 0.0329. The van der Waals surface area contributed by atoms with E-state index in [-0.39, 0.29) is 5.41 Å². The Labute approximate surface area is 116 Å². The molecule has 0 N–H and O–H groups in total. The largest absolute Gasteiger partial charge is 0.321 e. The molecule has 0 heterocycles. The van der Waals surface area contributed by atoms with E-state index in [0.717, 1.165) is 5.71 Å². The van der Waals surface area contributed by atoms with E-state index in [1.54, 1.807) is 12.1 Å². The number of hydrogen-bond acceptors (Lipinski definition) is 1. The second-order valence-corrected chi connectivity index (χ2v) is 6.00. The van der Waals surface area contributed by atoms with Crippen LogP contribution in [0.2, 0.25) is 15.1 Å². The molecule has 0 spiro atoms. The van der Waals surface area contributed by atoms with E-state index in [1.807, 2.05) is 6.92 Å². The lowest BCUT2D eigenvalue weighted by molar-refractivity contribution is -0.0874. The van der Waals surface area contributed by atoms with Crippen LogP contribution in [0, 0.1) is 5.41 Å². The Hall–Kier alpha value is -0.530. The summed E-state index contributed by atoms with van der Waals surface area (Å²) in [6.07, 6.45) is 0. The molecule has 0 unspecified atom stereocenters. The first-order chi connectivity index (χ1) is 7.71. The number of halogens is 3. The van der Waals surface area contributed by atoms with Crippen LogP contribution in [-0.2, 0) is 0 Å². The molecule has 0 aliphatic carbocycles. The van der Waals surface area contributed by atoms with Crippen molar-refractivity contribution < 1.29 is 4.79 Å². The zero-order valence-electron chi connectivity index (χ0n) is 10.2. The molecule has 0 fully saturated rings. The van der Waals surface area contributed by atoms with E-state index in [1.165, 1.54) is 0 Å². The first-order valence-corrected chi connectivity index (χ1v) is 6.25. The summed E-state index contributed by atoms with van der Waals surface area (Å²) in [5.41, 5.74) is 1.32. The predicted octanol–water partition coefficient (Wildman–Crippen LogP) is 5.45. The molecule has 0 aliphatic heterocycles. The third-order valence-corrected chi connectivity index (χ3v) is 3.16. The number of rotatable bonds is 1. The molecular weight excluding hydrogens is 279 g/mol. The average molecular weight is 293 g/mol. The summed E-state index contributed by atoms with van der Waals surface area (Å²) < 4.78 is 0. The van der Waals surface area contributed by atoms with E-state index in [4.69, 9.17) is 34.8 Å². The minimum atomic E-state index is -0.0329. The summed E-state index contributed by atoms with van der Waals surface area (Å²) in [6.45, 7) is 8.10. The summed E-state index contributed by atoms with van der Waals surface area (Å²) >= 11 is 17.8. The standard InChI is InChI=1S/C12H14Cl3N2/c1-7(12(2,3)4)16-17-11-9(14)5-8(13)6-10(11)15/h5-6H,1-4H3/q+1. The molecule has 1 aromatic rings. The Morgan fingerprint density at radius 2 is 1.59 bits per heavy atom. The second-order valence-electron chi connectivity index (χ2n) is 4.75. The molecule has 0 saturated carbocycles. The van der Waals surface area contributed by atoms with Crippen LogP contribution in [0.15, 0.2) is 17.2 Å². The topological polar surface area (TPSA) is 26.5 Å². The Morgan fingerprint density at radius 3 is 2.00 bits per heavy atom. The molecule has 0 saturated heterocycles. The highest BCUT2D eigenvalue weighted by Gasteiger charge is 2.24. The maximum atomic E-state index is 6.00. The van der Waals surface area contributed by atoms with Crippen LogP contribution >= 0.6 is 34.8 Å². The molecule has 0 aliphatic rings. The first kappa shape index (κ1) is 14.5. The SMILES string of the molecule is CC(=[N+]=Nc1c(Cl)cc(Cl)cc1Cl)C(C)(C)C.